The number of carbonyl (C=O) groups excluding carboxylic acids is 1. The lowest BCUT2D eigenvalue weighted by Crippen LogP contribution is -2.25. The van der Waals surface area contributed by atoms with Crippen LogP contribution in [0.5, 0.6) is 11.5 Å². The van der Waals surface area contributed by atoms with Crippen LogP contribution in [0.25, 0.3) is 10.4 Å². The molecule has 140 valence electrons. The third kappa shape index (κ3) is 3.64. The van der Waals surface area contributed by atoms with E-state index in [1.54, 1.807) is 44.5 Å². The summed E-state index contributed by atoms with van der Waals surface area (Å²) in [7, 11) is 4.49. The van der Waals surface area contributed by atoms with Gasteiger partial charge in [0.05, 0.1) is 24.7 Å². The molecule has 0 aliphatic rings. The maximum Gasteiger partial charge on any atom is 0.268 e. The second kappa shape index (κ2) is 7.75. The van der Waals surface area contributed by atoms with Gasteiger partial charge in [0.15, 0.2) is 11.6 Å². The molecule has 0 unspecified atom stereocenters. The first kappa shape index (κ1) is 18.8. The topological polar surface area (TPSA) is 38.8 Å². The van der Waals surface area contributed by atoms with E-state index in [2.05, 4.69) is 0 Å². The molecule has 2 aromatic carbocycles. The van der Waals surface area contributed by atoms with Crippen LogP contribution in [0.1, 0.15) is 9.67 Å². The number of hydrogen-bond acceptors (Lipinski definition) is 4. The van der Waals surface area contributed by atoms with E-state index >= 15 is 0 Å². The van der Waals surface area contributed by atoms with E-state index in [0.717, 1.165) is 17.4 Å². The molecule has 0 aliphatic carbocycles. The van der Waals surface area contributed by atoms with Crippen molar-refractivity contribution in [2.75, 3.05) is 26.2 Å². The Morgan fingerprint density at radius 3 is 2.52 bits per heavy atom. The molecule has 0 saturated heterocycles. The monoisotopic (exact) mass is 389 g/mol. The lowest BCUT2D eigenvalue weighted by Gasteiger charge is -2.17. The molecule has 0 bridgehead atoms. The second-order valence-corrected chi connectivity index (χ2v) is 6.75. The minimum Gasteiger partial charge on any atom is -0.497 e. The van der Waals surface area contributed by atoms with Gasteiger partial charge < -0.3 is 14.4 Å². The number of hydrogen-bond donors (Lipinski definition) is 0. The fraction of sp³-hybridized carbons (Fsp3) is 0.150. The van der Waals surface area contributed by atoms with E-state index < -0.39 is 11.6 Å². The zero-order valence-corrected chi connectivity index (χ0v) is 15.8. The van der Waals surface area contributed by atoms with E-state index in [9.17, 15) is 13.6 Å². The van der Waals surface area contributed by atoms with Gasteiger partial charge >= 0.3 is 0 Å². The predicted molar refractivity (Wildman–Crippen MR) is 102 cm³/mol. The smallest absolute Gasteiger partial charge is 0.268 e. The number of benzene rings is 2. The first-order chi connectivity index (χ1) is 13.0. The average Bonchev–Trinajstić information content (AvgIpc) is 3.16. The maximum atomic E-state index is 14.5. The van der Waals surface area contributed by atoms with Crippen molar-refractivity contribution in [1.29, 1.82) is 0 Å². The van der Waals surface area contributed by atoms with Gasteiger partial charge in [0.25, 0.3) is 5.91 Å². The molecule has 7 heteroatoms. The Bertz CT molecular complexity index is 987. The fourth-order valence-electron chi connectivity index (χ4n) is 2.61. The van der Waals surface area contributed by atoms with Crippen molar-refractivity contribution in [2.24, 2.45) is 0 Å². The minimum atomic E-state index is -0.792. The van der Waals surface area contributed by atoms with Crippen molar-refractivity contribution in [1.82, 2.24) is 0 Å². The van der Waals surface area contributed by atoms with Gasteiger partial charge in [-0.25, -0.2) is 8.78 Å². The molecule has 3 aromatic rings. The third-order valence-electron chi connectivity index (χ3n) is 4.08. The predicted octanol–water partition coefficient (Wildman–Crippen LogP) is 4.99. The van der Waals surface area contributed by atoms with Crippen LogP contribution in [0.4, 0.5) is 14.5 Å². The molecule has 0 aliphatic heterocycles. The molecule has 1 heterocycles. The molecule has 4 nitrogen and oxygen atoms in total. The lowest BCUT2D eigenvalue weighted by molar-refractivity contribution is 0.0997. The van der Waals surface area contributed by atoms with Crippen molar-refractivity contribution in [2.45, 2.75) is 0 Å². The lowest BCUT2D eigenvalue weighted by atomic mass is 10.1. The molecule has 1 amide bonds. The number of halogens is 2. The SMILES string of the molecule is COc1cccc(N(C)C(=O)c2ccc(-c3c(F)ccc(OC)c3F)s2)c1. The van der Waals surface area contributed by atoms with Crippen molar-refractivity contribution < 1.29 is 23.0 Å². The Hall–Kier alpha value is -2.93. The molecular weight excluding hydrogens is 372 g/mol. The number of methoxy groups -OCH3 is 2. The number of thiophene rings is 1. The number of anilines is 1. The first-order valence-corrected chi connectivity index (χ1v) is 8.82. The summed E-state index contributed by atoms with van der Waals surface area (Å²) in [6, 6.07) is 12.5. The van der Waals surface area contributed by atoms with Gasteiger partial charge in [-0.1, -0.05) is 6.07 Å². The van der Waals surface area contributed by atoms with Crippen LogP contribution in [-0.4, -0.2) is 27.2 Å². The van der Waals surface area contributed by atoms with Crippen LogP contribution in [0.3, 0.4) is 0 Å². The minimum absolute atomic E-state index is 0.0545. The third-order valence-corrected chi connectivity index (χ3v) is 5.17. The standard InChI is InChI=1S/C20H17F2NO3S/c1-23(12-5-4-6-13(11-12)25-2)20(24)17-10-9-16(27-17)18-14(21)7-8-15(26-3)19(18)22/h4-11H,1-3H3. The zero-order chi connectivity index (χ0) is 19.6. The summed E-state index contributed by atoms with van der Waals surface area (Å²) in [4.78, 5) is 14.9. The summed E-state index contributed by atoms with van der Waals surface area (Å²) in [5.74, 6) is -1.22. The summed E-state index contributed by atoms with van der Waals surface area (Å²) in [6.45, 7) is 0. The van der Waals surface area contributed by atoms with Crippen molar-refractivity contribution in [3.63, 3.8) is 0 Å². The highest BCUT2D eigenvalue weighted by Gasteiger charge is 2.21. The van der Waals surface area contributed by atoms with Gasteiger partial charge in [-0.15, -0.1) is 11.3 Å². The molecule has 0 atom stereocenters. The van der Waals surface area contributed by atoms with E-state index in [1.807, 2.05) is 0 Å². The number of amides is 1. The number of ether oxygens (including phenoxy) is 2. The Morgan fingerprint density at radius 1 is 1.04 bits per heavy atom. The highest BCUT2D eigenvalue weighted by Crippen LogP contribution is 2.36. The molecule has 0 fully saturated rings. The molecule has 27 heavy (non-hydrogen) atoms. The van der Waals surface area contributed by atoms with Crippen LogP contribution in [0.2, 0.25) is 0 Å². The van der Waals surface area contributed by atoms with Crippen LogP contribution >= 0.6 is 11.3 Å². The van der Waals surface area contributed by atoms with Crippen molar-refractivity contribution in [3.05, 3.63) is 65.0 Å². The Balaban J connectivity index is 1.93. The van der Waals surface area contributed by atoms with Crippen molar-refractivity contribution in [3.8, 4) is 21.9 Å². The molecule has 0 saturated carbocycles. The molecule has 3 rings (SSSR count). The second-order valence-electron chi connectivity index (χ2n) is 5.67. The number of rotatable bonds is 5. The molecular formula is C20H17F2NO3S. The summed E-state index contributed by atoms with van der Waals surface area (Å²) in [5.41, 5.74) is 0.440. The van der Waals surface area contributed by atoms with Gasteiger partial charge in [-0.3, -0.25) is 4.79 Å². The van der Waals surface area contributed by atoms with Crippen LogP contribution in [-0.2, 0) is 0 Å². The largest absolute Gasteiger partial charge is 0.497 e. The highest BCUT2D eigenvalue weighted by molar-refractivity contribution is 7.17. The fourth-order valence-corrected chi connectivity index (χ4v) is 3.63. The molecule has 0 radical (unpaired) electrons. The summed E-state index contributed by atoms with van der Waals surface area (Å²) in [6.07, 6.45) is 0. The number of carbonyl (C=O) groups is 1. The Kier molecular flexibility index (Phi) is 5.41. The maximum absolute atomic E-state index is 14.5. The summed E-state index contributed by atoms with van der Waals surface area (Å²) < 4.78 is 38.7. The van der Waals surface area contributed by atoms with Gasteiger partial charge in [-0.05, 0) is 36.4 Å². The Morgan fingerprint density at radius 2 is 1.81 bits per heavy atom. The zero-order valence-electron chi connectivity index (χ0n) is 15.0. The van der Waals surface area contributed by atoms with Gasteiger partial charge in [-0.2, -0.15) is 0 Å². The normalized spacial score (nSPS) is 10.6. The van der Waals surface area contributed by atoms with Gasteiger partial charge in [0.2, 0.25) is 0 Å². The van der Waals surface area contributed by atoms with Crippen LogP contribution < -0.4 is 14.4 Å². The van der Waals surface area contributed by atoms with E-state index in [0.29, 0.717) is 21.2 Å². The van der Waals surface area contributed by atoms with Crippen LogP contribution in [0, 0.1) is 11.6 Å². The average molecular weight is 389 g/mol. The summed E-state index contributed by atoms with van der Waals surface area (Å²) >= 11 is 1.02. The van der Waals surface area contributed by atoms with Gasteiger partial charge in [0, 0.05) is 23.7 Å². The first-order valence-electron chi connectivity index (χ1n) is 8.00. The van der Waals surface area contributed by atoms with Gasteiger partial charge in [0.1, 0.15) is 11.6 Å². The van der Waals surface area contributed by atoms with E-state index in [4.69, 9.17) is 9.47 Å². The molecule has 0 spiro atoms. The van der Waals surface area contributed by atoms with E-state index in [1.165, 1.54) is 24.1 Å². The van der Waals surface area contributed by atoms with Crippen molar-refractivity contribution >= 4 is 22.9 Å². The summed E-state index contributed by atoms with van der Waals surface area (Å²) in [5, 5.41) is 0. The Labute approximate surface area is 159 Å². The molecule has 1 aromatic heterocycles. The quantitative estimate of drug-likeness (QED) is 0.617. The highest BCUT2D eigenvalue weighted by atomic mass is 32.1. The number of nitrogens with zero attached hydrogens (tertiary/aromatic N) is 1. The molecule has 0 N–H and O–H groups in total. The van der Waals surface area contributed by atoms with Crippen LogP contribution in [0.15, 0.2) is 48.5 Å². The van der Waals surface area contributed by atoms with E-state index in [-0.39, 0.29) is 17.2 Å².